The van der Waals surface area contributed by atoms with Gasteiger partial charge in [-0.05, 0) is 66.1 Å². The number of fused-ring (bicyclic) bond motifs is 1. The van der Waals surface area contributed by atoms with E-state index in [2.05, 4.69) is 10.3 Å². The first-order chi connectivity index (χ1) is 23.6. The number of carboxylic acid groups (broad SMARTS) is 1. The molecule has 0 saturated carbocycles. The average molecular weight is 664 g/mol. The Hall–Kier alpha value is -5.49. The van der Waals surface area contributed by atoms with Crippen molar-refractivity contribution in [1.82, 2.24) is 15.2 Å². The number of hydrogen-bond acceptors (Lipinski definition) is 8. The number of rotatable bonds is 13. The molecule has 0 radical (unpaired) electrons. The number of amides is 1. The molecule has 1 aromatic heterocycles. The van der Waals surface area contributed by atoms with Gasteiger partial charge in [-0.25, -0.2) is 4.79 Å². The van der Waals surface area contributed by atoms with Gasteiger partial charge in [-0.1, -0.05) is 60.7 Å². The molecule has 11 heteroatoms. The number of ether oxygens (including phenoxy) is 1. The number of carbonyl (C=O) groups excluding carboxylic acids is 1. The van der Waals surface area contributed by atoms with Crippen LogP contribution in [0, 0.1) is 5.92 Å². The largest absolute Gasteiger partial charge is 0.506 e. The van der Waals surface area contributed by atoms with E-state index in [4.69, 9.17) is 4.74 Å². The quantitative estimate of drug-likeness (QED) is 0.103. The molecule has 6 rings (SSSR count). The first-order valence-electron chi connectivity index (χ1n) is 16.0. The number of aliphatic hydroxyl groups is 2. The van der Waals surface area contributed by atoms with E-state index in [1.807, 2.05) is 24.3 Å². The van der Waals surface area contributed by atoms with Gasteiger partial charge in [0.25, 0.3) is 5.91 Å². The second-order valence-electron chi connectivity index (χ2n) is 12.2. The van der Waals surface area contributed by atoms with Crippen molar-refractivity contribution in [3.63, 3.8) is 0 Å². The van der Waals surface area contributed by atoms with Crippen LogP contribution < -0.4 is 15.6 Å². The third kappa shape index (κ3) is 7.19. The van der Waals surface area contributed by atoms with Gasteiger partial charge in [-0.2, -0.15) is 0 Å². The number of aliphatic carboxylic acids is 1. The molecule has 2 atom stereocenters. The predicted molar refractivity (Wildman–Crippen MR) is 183 cm³/mol. The van der Waals surface area contributed by atoms with Crippen LogP contribution in [0.5, 0.6) is 11.5 Å². The molecular weight excluding hydrogens is 626 g/mol. The molecule has 1 saturated heterocycles. The van der Waals surface area contributed by atoms with Crippen molar-refractivity contribution in [3.05, 3.63) is 141 Å². The number of nitrogens with one attached hydrogen (secondary N) is 2. The maximum absolute atomic E-state index is 13.0. The fraction of sp³-hybridized carbons (Fsp3) is 0.237. The molecule has 0 spiro atoms. The highest BCUT2D eigenvalue weighted by atomic mass is 16.5. The fourth-order valence-electron chi connectivity index (χ4n) is 6.09. The van der Waals surface area contributed by atoms with Crippen molar-refractivity contribution < 1.29 is 34.8 Å². The number of carbonyl (C=O) groups is 2. The van der Waals surface area contributed by atoms with Crippen molar-refractivity contribution in [1.29, 1.82) is 0 Å². The van der Waals surface area contributed by atoms with Crippen LogP contribution >= 0.6 is 0 Å². The molecule has 5 aromatic rings. The second-order valence-corrected chi connectivity index (χ2v) is 12.2. The van der Waals surface area contributed by atoms with Gasteiger partial charge in [0.05, 0.1) is 18.2 Å². The second kappa shape index (κ2) is 14.3. The standard InChI is InChI=1S/C38H37N3O8/c42-32-15-13-30(31-14-16-34(44)40-35(31)32)33(43)20-39-18-17-24-9-11-26(12-10-24)36(45)41-21-25(22-41)23-49-29-8-4-7-28(19-29)38(48,37(46)47)27-5-2-1-3-6-27/h1-16,19,25,33,39,42-43,48H,17-18,20-23H2,(H,40,44)(H,46,47)/t33-,38-/m0/s1. The van der Waals surface area contributed by atoms with Gasteiger partial charge < -0.3 is 40.4 Å². The lowest BCUT2D eigenvalue weighted by atomic mass is 9.86. The number of pyridine rings is 1. The van der Waals surface area contributed by atoms with E-state index < -0.39 is 17.7 Å². The first kappa shape index (κ1) is 33.4. The lowest BCUT2D eigenvalue weighted by Gasteiger charge is -2.39. The highest BCUT2D eigenvalue weighted by molar-refractivity contribution is 5.94. The summed E-state index contributed by atoms with van der Waals surface area (Å²) in [7, 11) is 0. The highest BCUT2D eigenvalue weighted by Gasteiger charge is 2.40. The Morgan fingerprint density at radius 3 is 2.41 bits per heavy atom. The van der Waals surface area contributed by atoms with E-state index in [1.54, 1.807) is 65.6 Å². The first-order valence-corrected chi connectivity index (χ1v) is 16.0. The average Bonchev–Trinajstić information content (AvgIpc) is 3.10. The maximum Gasteiger partial charge on any atom is 0.345 e. The molecule has 0 bridgehead atoms. The molecule has 1 amide bonds. The smallest absolute Gasteiger partial charge is 0.345 e. The normalized spacial score (nSPS) is 14.9. The number of hydrogen-bond donors (Lipinski definition) is 6. The maximum atomic E-state index is 13.0. The molecule has 4 aromatic carbocycles. The number of nitrogens with zero attached hydrogens (tertiary/aromatic N) is 1. The molecule has 1 aliphatic rings. The molecule has 11 nitrogen and oxygen atoms in total. The number of H-pyrrole nitrogens is 1. The zero-order chi connectivity index (χ0) is 34.5. The fourth-order valence-corrected chi connectivity index (χ4v) is 6.09. The van der Waals surface area contributed by atoms with Gasteiger partial charge in [0, 0.05) is 48.1 Å². The summed E-state index contributed by atoms with van der Waals surface area (Å²) >= 11 is 0. The van der Waals surface area contributed by atoms with Crippen molar-refractivity contribution in [2.75, 3.05) is 32.8 Å². The molecule has 0 aliphatic carbocycles. The van der Waals surface area contributed by atoms with Crippen LogP contribution in [0.1, 0.15) is 38.7 Å². The van der Waals surface area contributed by atoms with Crippen LogP contribution in [0.4, 0.5) is 0 Å². The molecule has 252 valence electrons. The van der Waals surface area contributed by atoms with Crippen molar-refractivity contribution >= 4 is 22.8 Å². The lowest BCUT2D eigenvalue weighted by molar-refractivity contribution is -0.155. The monoisotopic (exact) mass is 663 g/mol. The van der Waals surface area contributed by atoms with E-state index in [-0.39, 0.29) is 40.8 Å². The number of aromatic nitrogens is 1. The Kier molecular flexibility index (Phi) is 9.77. The Labute approximate surface area is 282 Å². The number of aromatic hydroxyl groups is 1. The summed E-state index contributed by atoms with van der Waals surface area (Å²) in [4.78, 5) is 41.2. The van der Waals surface area contributed by atoms with E-state index in [1.165, 1.54) is 18.2 Å². The predicted octanol–water partition coefficient (Wildman–Crippen LogP) is 3.57. The zero-order valence-corrected chi connectivity index (χ0v) is 26.6. The molecule has 6 N–H and O–H groups in total. The van der Waals surface area contributed by atoms with Crippen LogP contribution in [-0.4, -0.2) is 75.0 Å². The topological polar surface area (TPSA) is 172 Å². The molecule has 2 heterocycles. The third-order valence-corrected chi connectivity index (χ3v) is 8.88. The summed E-state index contributed by atoms with van der Waals surface area (Å²) in [6, 6.07) is 28.1. The summed E-state index contributed by atoms with van der Waals surface area (Å²) in [6.45, 7) is 2.27. The number of aromatic amines is 1. The molecule has 1 aliphatic heterocycles. The van der Waals surface area contributed by atoms with E-state index in [0.717, 1.165) is 5.56 Å². The van der Waals surface area contributed by atoms with Gasteiger partial charge in [-0.3, -0.25) is 9.59 Å². The Balaban J connectivity index is 0.951. The minimum absolute atomic E-state index is 0.0569. The van der Waals surface area contributed by atoms with Crippen molar-refractivity contribution in [2.24, 2.45) is 5.92 Å². The van der Waals surface area contributed by atoms with E-state index in [9.17, 15) is 34.8 Å². The molecule has 0 unspecified atom stereocenters. The summed E-state index contributed by atoms with van der Waals surface area (Å²) in [5.41, 5.74) is 0.390. The van der Waals surface area contributed by atoms with Gasteiger partial charge in [0.2, 0.25) is 11.2 Å². The van der Waals surface area contributed by atoms with Crippen LogP contribution in [0.3, 0.4) is 0 Å². The third-order valence-electron chi connectivity index (χ3n) is 8.88. The number of phenolic OH excluding ortho intramolecular Hbond substituents is 1. The summed E-state index contributed by atoms with van der Waals surface area (Å²) < 4.78 is 5.94. The number of carboxylic acids is 1. The minimum atomic E-state index is -2.22. The SMILES string of the molecule is O=C(c1ccc(CCNC[C@H](O)c2ccc(O)c3[nH]c(=O)ccc23)cc1)N1CC(COc2cccc([C@](O)(C(=O)O)c3ccccc3)c2)C1. The summed E-state index contributed by atoms with van der Waals surface area (Å²) in [5.74, 6) is -0.960. The van der Waals surface area contributed by atoms with E-state index >= 15 is 0 Å². The van der Waals surface area contributed by atoms with Crippen LogP contribution in [0.15, 0.2) is 108 Å². The summed E-state index contributed by atoms with van der Waals surface area (Å²) in [5, 5.41) is 45.6. The lowest BCUT2D eigenvalue weighted by Crippen LogP contribution is -2.52. The van der Waals surface area contributed by atoms with Gasteiger partial charge in [-0.15, -0.1) is 0 Å². The number of aliphatic hydroxyl groups excluding tert-OH is 1. The van der Waals surface area contributed by atoms with Crippen LogP contribution in [0.25, 0.3) is 10.9 Å². The van der Waals surface area contributed by atoms with Crippen molar-refractivity contribution in [2.45, 2.75) is 18.1 Å². The summed E-state index contributed by atoms with van der Waals surface area (Å²) in [6.07, 6.45) is -0.161. The Morgan fingerprint density at radius 1 is 0.939 bits per heavy atom. The van der Waals surface area contributed by atoms with Crippen LogP contribution in [0.2, 0.25) is 0 Å². The number of likely N-dealkylation sites (tertiary alicyclic amines) is 1. The van der Waals surface area contributed by atoms with Crippen molar-refractivity contribution in [3.8, 4) is 11.5 Å². The Bertz CT molecular complexity index is 2010. The van der Waals surface area contributed by atoms with Gasteiger partial charge in [0.15, 0.2) is 0 Å². The molecular formula is C38H37N3O8. The number of phenols is 1. The highest BCUT2D eigenvalue weighted by Crippen LogP contribution is 2.33. The molecule has 49 heavy (non-hydrogen) atoms. The molecule has 1 fully saturated rings. The minimum Gasteiger partial charge on any atom is -0.506 e. The Morgan fingerprint density at radius 2 is 1.67 bits per heavy atom. The van der Waals surface area contributed by atoms with Crippen LogP contribution in [-0.2, 0) is 16.8 Å². The van der Waals surface area contributed by atoms with Gasteiger partial charge in [0.1, 0.15) is 11.5 Å². The number of benzene rings is 4. The van der Waals surface area contributed by atoms with Gasteiger partial charge >= 0.3 is 5.97 Å². The van der Waals surface area contributed by atoms with E-state index in [0.29, 0.717) is 60.4 Å². The zero-order valence-electron chi connectivity index (χ0n) is 26.6.